The fourth-order valence-electron chi connectivity index (χ4n) is 3.67. The number of hydrogen-bond acceptors (Lipinski definition) is 6. The molecule has 32 heavy (non-hydrogen) atoms. The molecule has 8 heteroatoms. The number of aromatic nitrogens is 1. The summed E-state index contributed by atoms with van der Waals surface area (Å²) in [5.41, 5.74) is 2.38. The van der Waals surface area contributed by atoms with Gasteiger partial charge in [-0.1, -0.05) is 12.1 Å². The Morgan fingerprint density at radius 2 is 2.03 bits per heavy atom. The number of pyridine rings is 1. The van der Waals surface area contributed by atoms with Crippen LogP contribution in [0.15, 0.2) is 41.5 Å². The SMILES string of the molecule is CCOc1cc(CCCNC(=NC)NCc2cccnc2N2CCOCC2)ccc1OC. The van der Waals surface area contributed by atoms with Gasteiger partial charge >= 0.3 is 0 Å². The van der Waals surface area contributed by atoms with Gasteiger partial charge in [-0.05, 0) is 43.5 Å². The van der Waals surface area contributed by atoms with Crippen LogP contribution in [-0.2, 0) is 17.7 Å². The van der Waals surface area contributed by atoms with E-state index in [2.05, 4.69) is 43.7 Å². The second kappa shape index (κ2) is 12.8. The van der Waals surface area contributed by atoms with Crippen LogP contribution >= 0.6 is 0 Å². The molecule has 0 saturated carbocycles. The van der Waals surface area contributed by atoms with E-state index < -0.39 is 0 Å². The van der Waals surface area contributed by atoms with E-state index >= 15 is 0 Å². The highest BCUT2D eigenvalue weighted by molar-refractivity contribution is 5.79. The van der Waals surface area contributed by atoms with Gasteiger partial charge in [-0.2, -0.15) is 0 Å². The molecular weight excluding hydrogens is 406 g/mol. The van der Waals surface area contributed by atoms with E-state index in [1.807, 2.05) is 25.3 Å². The topological polar surface area (TPSA) is 80.2 Å². The van der Waals surface area contributed by atoms with Crippen LogP contribution in [-0.4, -0.2) is 64.6 Å². The summed E-state index contributed by atoms with van der Waals surface area (Å²) in [4.78, 5) is 11.2. The van der Waals surface area contributed by atoms with Crippen LogP contribution in [0.5, 0.6) is 11.5 Å². The number of benzene rings is 1. The maximum absolute atomic E-state index is 5.67. The van der Waals surface area contributed by atoms with Crippen molar-refractivity contribution < 1.29 is 14.2 Å². The molecule has 0 aliphatic carbocycles. The molecule has 3 rings (SSSR count). The Hall–Kier alpha value is -3.00. The van der Waals surface area contributed by atoms with Crippen LogP contribution in [0.1, 0.15) is 24.5 Å². The summed E-state index contributed by atoms with van der Waals surface area (Å²) in [6, 6.07) is 10.2. The normalized spacial score (nSPS) is 14.2. The van der Waals surface area contributed by atoms with E-state index in [-0.39, 0.29) is 0 Å². The van der Waals surface area contributed by atoms with Gasteiger partial charge < -0.3 is 29.7 Å². The molecule has 0 spiro atoms. The van der Waals surface area contributed by atoms with Crippen molar-refractivity contribution >= 4 is 11.8 Å². The zero-order chi connectivity index (χ0) is 22.6. The van der Waals surface area contributed by atoms with Crippen molar-refractivity contribution in [2.45, 2.75) is 26.3 Å². The molecule has 174 valence electrons. The van der Waals surface area contributed by atoms with Crippen LogP contribution in [0.3, 0.4) is 0 Å². The molecule has 0 atom stereocenters. The van der Waals surface area contributed by atoms with Crippen molar-refractivity contribution in [1.82, 2.24) is 15.6 Å². The summed E-state index contributed by atoms with van der Waals surface area (Å²) >= 11 is 0. The van der Waals surface area contributed by atoms with Crippen LogP contribution in [0, 0.1) is 0 Å². The monoisotopic (exact) mass is 441 g/mol. The summed E-state index contributed by atoms with van der Waals surface area (Å²) in [6.45, 7) is 7.30. The summed E-state index contributed by atoms with van der Waals surface area (Å²) in [6.07, 6.45) is 3.76. The minimum absolute atomic E-state index is 0.619. The maximum atomic E-state index is 5.67. The van der Waals surface area contributed by atoms with Gasteiger partial charge in [0.05, 0.1) is 26.9 Å². The van der Waals surface area contributed by atoms with E-state index in [4.69, 9.17) is 14.2 Å². The minimum atomic E-state index is 0.619. The van der Waals surface area contributed by atoms with Crippen molar-refractivity contribution in [2.75, 3.05) is 58.5 Å². The van der Waals surface area contributed by atoms with Gasteiger partial charge in [-0.3, -0.25) is 4.99 Å². The molecule has 1 aliphatic rings. The smallest absolute Gasteiger partial charge is 0.191 e. The molecule has 2 heterocycles. The van der Waals surface area contributed by atoms with Crippen molar-refractivity contribution in [2.24, 2.45) is 4.99 Å². The Morgan fingerprint density at radius 1 is 1.19 bits per heavy atom. The Bertz CT molecular complexity index is 868. The number of morpholine rings is 1. The van der Waals surface area contributed by atoms with Crippen molar-refractivity contribution in [3.8, 4) is 11.5 Å². The molecule has 0 amide bonds. The number of ether oxygens (including phenoxy) is 3. The molecule has 2 N–H and O–H groups in total. The molecular formula is C24H35N5O3. The van der Waals surface area contributed by atoms with E-state index in [0.29, 0.717) is 13.2 Å². The molecule has 0 bridgehead atoms. The minimum Gasteiger partial charge on any atom is -0.493 e. The average molecular weight is 442 g/mol. The number of aliphatic imine (C=N–C) groups is 1. The standard InChI is InChI=1S/C24H35N5O3/c1-4-32-22-17-19(9-10-21(22)30-3)7-5-12-27-24(25-2)28-18-20-8-6-11-26-23(20)29-13-15-31-16-14-29/h6,8-11,17H,4-5,7,12-16,18H2,1-3H3,(H2,25,27,28). The second-order valence-electron chi connectivity index (χ2n) is 7.46. The summed E-state index contributed by atoms with van der Waals surface area (Å²) in [5.74, 6) is 3.37. The third-order valence-electron chi connectivity index (χ3n) is 5.31. The molecule has 1 fully saturated rings. The van der Waals surface area contributed by atoms with E-state index in [0.717, 1.165) is 74.5 Å². The highest BCUT2D eigenvalue weighted by atomic mass is 16.5. The molecule has 0 unspecified atom stereocenters. The first-order valence-corrected chi connectivity index (χ1v) is 11.3. The predicted molar refractivity (Wildman–Crippen MR) is 128 cm³/mol. The highest BCUT2D eigenvalue weighted by Crippen LogP contribution is 2.28. The maximum Gasteiger partial charge on any atom is 0.191 e. The Morgan fingerprint density at radius 3 is 2.78 bits per heavy atom. The first-order chi connectivity index (χ1) is 15.7. The average Bonchev–Trinajstić information content (AvgIpc) is 2.85. The van der Waals surface area contributed by atoms with Gasteiger partial charge in [-0.15, -0.1) is 0 Å². The summed E-state index contributed by atoms with van der Waals surface area (Å²) in [5, 5.41) is 6.81. The molecule has 2 aromatic rings. The van der Waals surface area contributed by atoms with Crippen molar-refractivity contribution in [1.29, 1.82) is 0 Å². The number of nitrogens with zero attached hydrogens (tertiary/aromatic N) is 3. The van der Waals surface area contributed by atoms with Gasteiger partial charge in [0, 0.05) is 45.0 Å². The lowest BCUT2D eigenvalue weighted by Crippen LogP contribution is -2.39. The third-order valence-corrected chi connectivity index (χ3v) is 5.31. The van der Waals surface area contributed by atoms with Crippen molar-refractivity contribution in [3.05, 3.63) is 47.7 Å². The first kappa shape index (κ1) is 23.7. The van der Waals surface area contributed by atoms with E-state index in [1.54, 1.807) is 14.2 Å². The Balaban J connectivity index is 1.47. The van der Waals surface area contributed by atoms with Gasteiger partial charge in [0.2, 0.25) is 0 Å². The number of rotatable bonds is 10. The number of hydrogen-bond donors (Lipinski definition) is 2. The molecule has 1 aromatic heterocycles. The van der Waals surface area contributed by atoms with Crippen molar-refractivity contribution in [3.63, 3.8) is 0 Å². The molecule has 8 nitrogen and oxygen atoms in total. The number of nitrogens with one attached hydrogen (secondary N) is 2. The van der Waals surface area contributed by atoms with Gasteiger partial charge in [-0.25, -0.2) is 4.98 Å². The lowest BCUT2D eigenvalue weighted by atomic mass is 10.1. The Labute approximate surface area is 191 Å². The van der Waals surface area contributed by atoms with Gasteiger partial charge in [0.1, 0.15) is 5.82 Å². The number of methoxy groups -OCH3 is 1. The lowest BCUT2D eigenvalue weighted by molar-refractivity contribution is 0.122. The van der Waals surface area contributed by atoms with Crippen LogP contribution in [0.4, 0.5) is 5.82 Å². The van der Waals surface area contributed by atoms with Crippen LogP contribution < -0.4 is 25.0 Å². The zero-order valence-electron chi connectivity index (χ0n) is 19.4. The Kier molecular flexibility index (Phi) is 9.43. The van der Waals surface area contributed by atoms with E-state index in [9.17, 15) is 0 Å². The number of aryl methyl sites for hydroxylation is 1. The fraction of sp³-hybridized carbons (Fsp3) is 0.500. The molecule has 1 saturated heterocycles. The fourth-order valence-corrected chi connectivity index (χ4v) is 3.67. The molecule has 1 aromatic carbocycles. The first-order valence-electron chi connectivity index (χ1n) is 11.3. The van der Waals surface area contributed by atoms with E-state index in [1.165, 1.54) is 5.56 Å². The quantitative estimate of drug-likeness (QED) is 0.333. The lowest BCUT2D eigenvalue weighted by Gasteiger charge is -2.29. The third kappa shape index (κ3) is 6.75. The number of guanidine groups is 1. The van der Waals surface area contributed by atoms with Gasteiger partial charge in [0.25, 0.3) is 0 Å². The van der Waals surface area contributed by atoms with Crippen LogP contribution in [0.2, 0.25) is 0 Å². The summed E-state index contributed by atoms with van der Waals surface area (Å²) in [7, 11) is 3.45. The molecule has 0 radical (unpaired) electrons. The molecule has 1 aliphatic heterocycles. The predicted octanol–water partition coefficient (Wildman–Crippen LogP) is 2.62. The largest absolute Gasteiger partial charge is 0.493 e. The highest BCUT2D eigenvalue weighted by Gasteiger charge is 2.15. The van der Waals surface area contributed by atoms with Crippen LogP contribution in [0.25, 0.3) is 0 Å². The zero-order valence-corrected chi connectivity index (χ0v) is 19.4. The second-order valence-corrected chi connectivity index (χ2v) is 7.46. The van der Waals surface area contributed by atoms with Gasteiger partial charge in [0.15, 0.2) is 17.5 Å². The summed E-state index contributed by atoms with van der Waals surface area (Å²) < 4.78 is 16.5. The number of anilines is 1.